The molecule has 0 amide bonds. The van der Waals surface area contributed by atoms with E-state index in [1.807, 2.05) is 6.92 Å². The van der Waals surface area contributed by atoms with Gasteiger partial charge in [0.2, 0.25) is 0 Å². The SMILES string of the molecule is CC(=O)OCCC(C)C.CCC(C)O.CCO. The van der Waals surface area contributed by atoms with Crippen LogP contribution in [0.5, 0.6) is 0 Å². The van der Waals surface area contributed by atoms with Crippen LogP contribution in [0.15, 0.2) is 0 Å². The zero-order valence-corrected chi connectivity index (χ0v) is 12.2. The largest absolute Gasteiger partial charge is 0.466 e. The molecule has 1 unspecified atom stereocenters. The van der Waals surface area contributed by atoms with Crippen molar-refractivity contribution in [2.24, 2.45) is 5.92 Å². The minimum atomic E-state index is -0.185. The second-order valence-corrected chi connectivity index (χ2v) is 4.10. The van der Waals surface area contributed by atoms with Crippen LogP contribution in [0.4, 0.5) is 0 Å². The molecule has 0 saturated heterocycles. The molecule has 0 aromatic rings. The molecule has 2 N–H and O–H groups in total. The van der Waals surface area contributed by atoms with Crippen molar-refractivity contribution < 1.29 is 19.7 Å². The lowest BCUT2D eigenvalue weighted by atomic mass is 10.1. The highest BCUT2D eigenvalue weighted by Gasteiger charge is 1.94. The summed E-state index contributed by atoms with van der Waals surface area (Å²) in [4.78, 5) is 10.2. The third kappa shape index (κ3) is 50.5. The summed E-state index contributed by atoms with van der Waals surface area (Å²) in [7, 11) is 0. The maximum absolute atomic E-state index is 10.2. The molecule has 106 valence electrons. The van der Waals surface area contributed by atoms with E-state index >= 15 is 0 Å². The molecular weight excluding hydrogens is 220 g/mol. The molecule has 4 heteroatoms. The summed E-state index contributed by atoms with van der Waals surface area (Å²) in [6, 6.07) is 0. The minimum Gasteiger partial charge on any atom is -0.466 e. The Labute approximate surface area is 106 Å². The summed E-state index contributed by atoms with van der Waals surface area (Å²) in [5, 5.41) is 15.9. The number of esters is 1. The van der Waals surface area contributed by atoms with Gasteiger partial charge >= 0.3 is 5.97 Å². The van der Waals surface area contributed by atoms with E-state index in [-0.39, 0.29) is 18.7 Å². The van der Waals surface area contributed by atoms with Crippen molar-refractivity contribution in [2.45, 2.75) is 60.5 Å². The first-order valence-electron chi connectivity index (χ1n) is 6.23. The molecule has 0 aromatic heterocycles. The van der Waals surface area contributed by atoms with Crippen LogP contribution in [-0.2, 0) is 9.53 Å². The van der Waals surface area contributed by atoms with E-state index in [0.717, 1.165) is 12.8 Å². The summed E-state index contributed by atoms with van der Waals surface area (Å²) in [6.07, 6.45) is 1.70. The van der Waals surface area contributed by atoms with Crippen LogP contribution in [0.1, 0.15) is 54.4 Å². The van der Waals surface area contributed by atoms with Gasteiger partial charge in [-0.25, -0.2) is 0 Å². The molecule has 17 heavy (non-hydrogen) atoms. The lowest BCUT2D eigenvalue weighted by Crippen LogP contribution is -2.02. The van der Waals surface area contributed by atoms with Crippen molar-refractivity contribution in [1.29, 1.82) is 0 Å². The van der Waals surface area contributed by atoms with E-state index in [1.165, 1.54) is 6.92 Å². The second kappa shape index (κ2) is 17.8. The average molecular weight is 250 g/mol. The third-order valence-electron chi connectivity index (χ3n) is 1.59. The standard InChI is InChI=1S/C7H14O2.C4H10O.C2H6O/c1-6(2)4-5-9-7(3)8;1-3-4(2)5;1-2-3/h6H,4-5H2,1-3H3;4-5H,3H2,1-2H3;3H,2H2,1H3. The average Bonchev–Trinajstić information content (AvgIpc) is 2.18. The Balaban J connectivity index is -0.000000207. The highest BCUT2D eigenvalue weighted by atomic mass is 16.5. The zero-order valence-electron chi connectivity index (χ0n) is 12.2. The number of aliphatic hydroxyl groups excluding tert-OH is 2. The Morgan fingerprint density at radius 2 is 1.59 bits per heavy atom. The molecule has 0 saturated carbocycles. The molecule has 0 radical (unpaired) electrons. The molecule has 0 aliphatic rings. The smallest absolute Gasteiger partial charge is 0.302 e. The second-order valence-electron chi connectivity index (χ2n) is 4.10. The highest BCUT2D eigenvalue weighted by Crippen LogP contribution is 1.98. The molecule has 4 nitrogen and oxygen atoms in total. The van der Waals surface area contributed by atoms with E-state index in [1.54, 1.807) is 13.8 Å². The lowest BCUT2D eigenvalue weighted by Gasteiger charge is -2.02. The number of rotatable bonds is 4. The molecule has 0 aromatic carbocycles. The Morgan fingerprint density at radius 3 is 1.76 bits per heavy atom. The van der Waals surface area contributed by atoms with E-state index in [2.05, 4.69) is 13.8 Å². The Bertz CT molecular complexity index is 144. The molecule has 0 fully saturated rings. The fourth-order valence-electron chi connectivity index (χ4n) is 0.438. The van der Waals surface area contributed by atoms with Gasteiger partial charge in [0, 0.05) is 13.5 Å². The summed E-state index contributed by atoms with van der Waals surface area (Å²) in [5.74, 6) is 0.431. The highest BCUT2D eigenvalue weighted by molar-refractivity contribution is 5.65. The maximum Gasteiger partial charge on any atom is 0.302 e. The first kappa shape index (κ1) is 21.7. The topological polar surface area (TPSA) is 66.8 Å². The maximum atomic E-state index is 10.2. The summed E-state index contributed by atoms with van der Waals surface area (Å²) < 4.78 is 4.71. The Kier molecular flexibility index (Phi) is 22.6. The molecule has 0 spiro atoms. The third-order valence-corrected chi connectivity index (χ3v) is 1.59. The zero-order chi connectivity index (χ0) is 14.3. The molecular formula is C13H30O4. The van der Waals surface area contributed by atoms with Crippen LogP contribution in [0.3, 0.4) is 0 Å². The van der Waals surface area contributed by atoms with Crippen LogP contribution >= 0.6 is 0 Å². The van der Waals surface area contributed by atoms with Crippen molar-refractivity contribution in [3.05, 3.63) is 0 Å². The van der Waals surface area contributed by atoms with Gasteiger partial charge in [0.05, 0.1) is 12.7 Å². The van der Waals surface area contributed by atoms with E-state index in [0.29, 0.717) is 12.5 Å². The van der Waals surface area contributed by atoms with Gasteiger partial charge in [0.25, 0.3) is 0 Å². The van der Waals surface area contributed by atoms with Gasteiger partial charge < -0.3 is 14.9 Å². The van der Waals surface area contributed by atoms with Crippen molar-refractivity contribution >= 4 is 5.97 Å². The Morgan fingerprint density at radius 1 is 1.24 bits per heavy atom. The number of hydrogen-bond donors (Lipinski definition) is 2. The molecule has 0 aliphatic carbocycles. The summed E-state index contributed by atoms with van der Waals surface area (Å²) in [5.41, 5.74) is 0. The van der Waals surface area contributed by atoms with Gasteiger partial charge in [-0.15, -0.1) is 0 Å². The summed E-state index contributed by atoms with van der Waals surface area (Å²) in [6.45, 7) is 11.9. The number of carbonyl (C=O) groups is 1. The van der Waals surface area contributed by atoms with Crippen LogP contribution in [-0.4, -0.2) is 35.5 Å². The van der Waals surface area contributed by atoms with Crippen molar-refractivity contribution in [2.75, 3.05) is 13.2 Å². The molecule has 1 atom stereocenters. The van der Waals surface area contributed by atoms with Gasteiger partial charge in [-0.2, -0.15) is 0 Å². The van der Waals surface area contributed by atoms with Gasteiger partial charge in [-0.05, 0) is 32.6 Å². The van der Waals surface area contributed by atoms with Crippen LogP contribution in [0.25, 0.3) is 0 Å². The number of carbonyl (C=O) groups excluding carboxylic acids is 1. The van der Waals surface area contributed by atoms with Gasteiger partial charge in [0.15, 0.2) is 0 Å². The number of aliphatic hydroxyl groups is 2. The first-order chi connectivity index (χ1) is 7.81. The fourth-order valence-corrected chi connectivity index (χ4v) is 0.438. The predicted molar refractivity (Wildman–Crippen MR) is 70.8 cm³/mol. The lowest BCUT2D eigenvalue weighted by molar-refractivity contribution is -0.141. The fraction of sp³-hybridized carbons (Fsp3) is 0.923. The number of hydrogen-bond acceptors (Lipinski definition) is 4. The van der Waals surface area contributed by atoms with E-state index in [4.69, 9.17) is 14.9 Å². The van der Waals surface area contributed by atoms with Gasteiger partial charge in [0.1, 0.15) is 0 Å². The van der Waals surface area contributed by atoms with Crippen molar-refractivity contribution in [3.8, 4) is 0 Å². The van der Waals surface area contributed by atoms with Gasteiger partial charge in [-0.3, -0.25) is 4.79 Å². The predicted octanol–water partition coefficient (Wildman–Crippen LogP) is 2.37. The first-order valence-corrected chi connectivity index (χ1v) is 6.23. The molecule has 0 bridgehead atoms. The molecule has 0 heterocycles. The summed E-state index contributed by atoms with van der Waals surface area (Å²) >= 11 is 0. The van der Waals surface area contributed by atoms with E-state index < -0.39 is 0 Å². The Hall–Kier alpha value is -0.610. The monoisotopic (exact) mass is 250 g/mol. The van der Waals surface area contributed by atoms with Gasteiger partial charge in [-0.1, -0.05) is 20.8 Å². The van der Waals surface area contributed by atoms with Crippen molar-refractivity contribution in [1.82, 2.24) is 0 Å². The van der Waals surface area contributed by atoms with Crippen LogP contribution in [0, 0.1) is 5.92 Å². The van der Waals surface area contributed by atoms with Crippen molar-refractivity contribution in [3.63, 3.8) is 0 Å². The normalized spacial score (nSPS) is 10.6. The quantitative estimate of drug-likeness (QED) is 0.752. The molecule has 0 aliphatic heterocycles. The number of ether oxygens (including phenoxy) is 1. The molecule has 0 rings (SSSR count). The minimum absolute atomic E-state index is 0.116. The van der Waals surface area contributed by atoms with E-state index in [9.17, 15) is 4.79 Å². The van der Waals surface area contributed by atoms with Crippen LogP contribution in [0.2, 0.25) is 0 Å². The van der Waals surface area contributed by atoms with Crippen LogP contribution < -0.4 is 0 Å².